The van der Waals surface area contributed by atoms with Crippen LogP contribution in [0.25, 0.3) is 21.2 Å². The summed E-state index contributed by atoms with van der Waals surface area (Å²) in [4.78, 5) is 13.9. The molecule has 1 aromatic heterocycles. The predicted octanol–water partition coefficient (Wildman–Crippen LogP) is 4.07. The summed E-state index contributed by atoms with van der Waals surface area (Å²) in [6.45, 7) is 3.00. The van der Waals surface area contributed by atoms with Crippen LogP contribution in [0.15, 0.2) is 48.5 Å². The summed E-state index contributed by atoms with van der Waals surface area (Å²) in [6.07, 6.45) is -0.798. The summed E-state index contributed by atoms with van der Waals surface area (Å²) in [5, 5.41) is 10.4. The predicted molar refractivity (Wildman–Crippen MR) is 115 cm³/mol. The Morgan fingerprint density at radius 1 is 1.11 bits per heavy atom. The number of rotatable bonds is 2. The van der Waals surface area contributed by atoms with Gasteiger partial charge in [-0.05, 0) is 36.4 Å². The number of nitrogens with zero attached hydrogens (tertiary/aromatic N) is 2. The average Bonchev–Trinajstić information content (AvgIpc) is 3.10. The number of methoxy groups -OCH3 is 1. The minimum Gasteiger partial charge on any atom is -0.496 e. The van der Waals surface area contributed by atoms with Crippen molar-refractivity contribution in [3.8, 4) is 16.9 Å². The van der Waals surface area contributed by atoms with Crippen LogP contribution in [0.2, 0.25) is 0 Å². The van der Waals surface area contributed by atoms with Crippen molar-refractivity contribution in [2.75, 3.05) is 46.1 Å². The molecular weight excluding hydrogens is 374 g/mol. The molecule has 2 aromatic carbocycles. The van der Waals surface area contributed by atoms with Gasteiger partial charge in [0, 0.05) is 36.3 Å². The minimum absolute atomic E-state index is 0.645. The highest BCUT2D eigenvalue weighted by Crippen LogP contribution is 2.40. The van der Waals surface area contributed by atoms with Crippen molar-refractivity contribution in [2.45, 2.75) is 0 Å². The van der Waals surface area contributed by atoms with Gasteiger partial charge >= 0.3 is 6.09 Å². The second-order valence-corrected chi connectivity index (χ2v) is 7.73. The molecule has 1 saturated heterocycles. The van der Waals surface area contributed by atoms with E-state index in [0.29, 0.717) is 13.1 Å². The molecule has 148 valence electrons. The zero-order valence-corrected chi connectivity index (χ0v) is 16.9. The zero-order chi connectivity index (χ0) is 20.1. The van der Waals surface area contributed by atoms with Crippen molar-refractivity contribution in [2.24, 2.45) is 0 Å². The van der Waals surface area contributed by atoms with Crippen LogP contribution in [0, 0.1) is 0 Å². The van der Waals surface area contributed by atoms with E-state index in [2.05, 4.69) is 23.1 Å². The van der Waals surface area contributed by atoms with Gasteiger partial charge in [-0.2, -0.15) is 0 Å². The number of piperazine rings is 1. The van der Waals surface area contributed by atoms with Gasteiger partial charge in [0.2, 0.25) is 0 Å². The van der Waals surface area contributed by atoms with Crippen LogP contribution in [0.1, 0.15) is 0 Å². The molecule has 0 bridgehead atoms. The molecule has 28 heavy (non-hydrogen) atoms. The van der Waals surface area contributed by atoms with E-state index in [9.17, 15) is 4.79 Å². The Morgan fingerprint density at radius 3 is 2.39 bits per heavy atom. The standard InChI is InChI=1S/C15H13NOS.C6H12N2O2/c1-17-13-8-7-11(10-5-3-2-4-6-10)15-12(13)9-14(16)18-15;1-7-2-4-8(5-3-7)6(9)10/h2-9H,16H2,1H3;2-5H2,1H3,(H,9,10). The number of amides is 1. The molecule has 1 amide bonds. The van der Waals surface area contributed by atoms with E-state index in [-0.39, 0.29) is 0 Å². The van der Waals surface area contributed by atoms with E-state index in [1.165, 1.54) is 20.7 Å². The molecule has 1 aliphatic heterocycles. The molecule has 0 radical (unpaired) electrons. The normalized spacial score (nSPS) is 14.4. The largest absolute Gasteiger partial charge is 0.496 e. The third kappa shape index (κ3) is 4.55. The first-order chi connectivity index (χ1) is 13.5. The number of thiophene rings is 1. The number of anilines is 1. The number of benzene rings is 2. The lowest BCUT2D eigenvalue weighted by Gasteiger charge is -2.30. The Hall–Kier alpha value is -2.77. The molecule has 6 nitrogen and oxygen atoms in total. The molecule has 2 heterocycles. The molecule has 1 aliphatic rings. The van der Waals surface area contributed by atoms with Gasteiger partial charge in [0.1, 0.15) is 5.75 Å². The maximum atomic E-state index is 10.4. The Morgan fingerprint density at radius 2 is 1.79 bits per heavy atom. The highest BCUT2D eigenvalue weighted by molar-refractivity contribution is 7.23. The van der Waals surface area contributed by atoms with Gasteiger partial charge in [-0.15, -0.1) is 11.3 Å². The third-order valence-corrected chi connectivity index (χ3v) is 5.74. The van der Waals surface area contributed by atoms with E-state index in [0.717, 1.165) is 29.2 Å². The molecular formula is C21H25N3O3S. The van der Waals surface area contributed by atoms with E-state index in [1.807, 2.05) is 37.4 Å². The zero-order valence-electron chi connectivity index (χ0n) is 16.1. The van der Waals surface area contributed by atoms with Gasteiger partial charge in [0.05, 0.1) is 12.1 Å². The van der Waals surface area contributed by atoms with Gasteiger partial charge in [-0.25, -0.2) is 4.79 Å². The van der Waals surface area contributed by atoms with Crippen LogP contribution < -0.4 is 10.5 Å². The maximum Gasteiger partial charge on any atom is 0.407 e. The molecule has 0 aliphatic carbocycles. The first kappa shape index (κ1) is 20.0. The molecule has 0 saturated carbocycles. The number of hydrogen-bond donors (Lipinski definition) is 2. The number of carboxylic acid groups (broad SMARTS) is 1. The van der Waals surface area contributed by atoms with Gasteiger partial charge in [0.25, 0.3) is 0 Å². The fourth-order valence-electron chi connectivity index (χ4n) is 3.14. The highest BCUT2D eigenvalue weighted by atomic mass is 32.1. The Balaban J connectivity index is 0.000000192. The lowest BCUT2D eigenvalue weighted by atomic mass is 10.0. The average molecular weight is 400 g/mol. The number of fused-ring (bicyclic) bond motifs is 1. The van der Waals surface area contributed by atoms with Crippen LogP contribution in [0.5, 0.6) is 5.75 Å². The second-order valence-electron chi connectivity index (χ2n) is 6.65. The summed E-state index contributed by atoms with van der Waals surface area (Å²) >= 11 is 1.60. The number of likely N-dealkylation sites (N-methyl/N-ethyl adjacent to an activating group) is 1. The first-order valence-corrected chi connectivity index (χ1v) is 9.89. The van der Waals surface area contributed by atoms with Crippen molar-refractivity contribution in [3.63, 3.8) is 0 Å². The van der Waals surface area contributed by atoms with E-state index < -0.39 is 6.09 Å². The van der Waals surface area contributed by atoms with Crippen molar-refractivity contribution in [1.82, 2.24) is 9.80 Å². The fraction of sp³-hybridized carbons (Fsp3) is 0.286. The smallest absolute Gasteiger partial charge is 0.407 e. The Bertz CT molecular complexity index is 935. The Labute approximate surface area is 168 Å². The summed E-state index contributed by atoms with van der Waals surface area (Å²) in [6, 6.07) is 16.4. The van der Waals surface area contributed by atoms with Crippen molar-refractivity contribution in [1.29, 1.82) is 0 Å². The summed E-state index contributed by atoms with van der Waals surface area (Å²) in [7, 11) is 3.68. The van der Waals surface area contributed by atoms with Gasteiger partial charge in [-0.3, -0.25) is 0 Å². The van der Waals surface area contributed by atoms with Gasteiger partial charge in [0.15, 0.2) is 0 Å². The SMILES string of the molecule is CN1CCN(C(=O)O)CC1.COc1ccc(-c2ccccc2)c2sc(N)cc12. The van der Waals surface area contributed by atoms with Crippen LogP contribution in [0.4, 0.5) is 9.80 Å². The van der Waals surface area contributed by atoms with Gasteiger partial charge < -0.3 is 25.4 Å². The lowest BCUT2D eigenvalue weighted by Crippen LogP contribution is -2.46. The maximum absolute atomic E-state index is 10.4. The van der Waals surface area contributed by atoms with Crippen LogP contribution in [-0.4, -0.2) is 61.3 Å². The number of ether oxygens (including phenoxy) is 1. The fourth-order valence-corrected chi connectivity index (χ4v) is 4.12. The van der Waals surface area contributed by atoms with Crippen LogP contribution in [-0.2, 0) is 0 Å². The van der Waals surface area contributed by atoms with Crippen molar-refractivity contribution < 1.29 is 14.6 Å². The number of carbonyl (C=O) groups is 1. The third-order valence-electron chi connectivity index (χ3n) is 4.74. The molecule has 3 aromatic rings. The van der Waals surface area contributed by atoms with E-state index in [1.54, 1.807) is 18.4 Å². The van der Waals surface area contributed by atoms with Crippen LogP contribution in [0.3, 0.4) is 0 Å². The summed E-state index contributed by atoms with van der Waals surface area (Å²) in [5.74, 6) is 0.873. The Kier molecular flexibility index (Phi) is 6.38. The minimum atomic E-state index is -0.798. The molecule has 1 fully saturated rings. The summed E-state index contributed by atoms with van der Waals surface area (Å²) < 4.78 is 6.56. The lowest BCUT2D eigenvalue weighted by molar-refractivity contribution is 0.115. The van der Waals surface area contributed by atoms with Crippen molar-refractivity contribution in [3.05, 3.63) is 48.5 Å². The summed E-state index contributed by atoms with van der Waals surface area (Å²) in [5.41, 5.74) is 8.33. The number of nitrogen functional groups attached to an aromatic ring is 1. The van der Waals surface area contributed by atoms with E-state index >= 15 is 0 Å². The second kappa shape index (κ2) is 8.95. The highest BCUT2D eigenvalue weighted by Gasteiger charge is 2.17. The monoisotopic (exact) mass is 399 g/mol. The van der Waals surface area contributed by atoms with Crippen LogP contribution >= 0.6 is 11.3 Å². The number of hydrogen-bond acceptors (Lipinski definition) is 5. The van der Waals surface area contributed by atoms with Crippen molar-refractivity contribution >= 4 is 32.5 Å². The topological polar surface area (TPSA) is 79.0 Å². The van der Waals surface area contributed by atoms with Gasteiger partial charge in [-0.1, -0.05) is 30.3 Å². The van der Waals surface area contributed by atoms with E-state index in [4.69, 9.17) is 15.6 Å². The quantitative estimate of drug-likeness (QED) is 0.679. The molecule has 7 heteroatoms. The molecule has 0 unspecified atom stereocenters. The molecule has 0 atom stereocenters. The molecule has 4 rings (SSSR count). The first-order valence-electron chi connectivity index (χ1n) is 9.07. The molecule has 3 N–H and O–H groups in total. The number of nitrogens with two attached hydrogens (primary N) is 1. The molecule has 0 spiro atoms.